The van der Waals surface area contributed by atoms with Crippen LogP contribution < -0.4 is 0 Å². The van der Waals surface area contributed by atoms with Gasteiger partial charge in [-0.3, -0.25) is 9.79 Å². The Morgan fingerprint density at radius 1 is 1.42 bits per heavy atom. The number of thiophene rings is 1. The summed E-state index contributed by atoms with van der Waals surface area (Å²) >= 11 is 1.71. The Kier molecular flexibility index (Phi) is 5.32. The molecule has 1 aliphatic rings. The molecule has 0 bridgehead atoms. The lowest BCUT2D eigenvalue weighted by molar-refractivity contribution is -0.120. The molecular formula is C16H23NOS. The molecule has 2 rings (SSSR count). The van der Waals surface area contributed by atoms with Gasteiger partial charge in [-0.15, -0.1) is 11.3 Å². The van der Waals surface area contributed by atoms with Crippen LogP contribution in [0.1, 0.15) is 57.2 Å². The summed E-state index contributed by atoms with van der Waals surface area (Å²) in [6.07, 6.45) is 6.30. The Balaban J connectivity index is 2.08. The third-order valence-corrected chi connectivity index (χ3v) is 4.64. The van der Waals surface area contributed by atoms with Crippen LogP contribution in [0.4, 0.5) is 0 Å². The van der Waals surface area contributed by atoms with Gasteiger partial charge < -0.3 is 0 Å². The van der Waals surface area contributed by atoms with Crippen LogP contribution in [0.15, 0.2) is 22.5 Å². The number of carbonyl (C=O) groups excluding carboxylic acids is 1. The third kappa shape index (κ3) is 4.27. The highest BCUT2D eigenvalue weighted by Crippen LogP contribution is 2.34. The van der Waals surface area contributed by atoms with Crippen molar-refractivity contribution in [2.45, 2.75) is 58.4 Å². The molecule has 1 aromatic heterocycles. The molecule has 3 heteroatoms. The predicted molar refractivity (Wildman–Crippen MR) is 82.2 cm³/mol. The van der Waals surface area contributed by atoms with Crippen molar-refractivity contribution in [1.29, 1.82) is 0 Å². The Bertz CT molecular complexity index is 432. The van der Waals surface area contributed by atoms with Crippen LogP contribution >= 0.6 is 11.3 Å². The van der Waals surface area contributed by atoms with E-state index in [9.17, 15) is 4.79 Å². The lowest BCUT2D eigenvalue weighted by Crippen LogP contribution is -2.20. The Morgan fingerprint density at radius 2 is 2.21 bits per heavy atom. The SMILES string of the molecule is CCC(=O)C(CCC1CC1)N=C(CC)c1cccs1. The fourth-order valence-corrected chi connectivity index (χ4v) is 3.09. The van der Waals surface area contributed by atoms with Gasteiger partial charge >= 0.3 is 0 Å². The van der Waals surface area contributed by atoms with Crippen molar-refractivity contribution >= 4 is 22.8 Å². The first kappa shape index (κ1) is 14.4. The van der Waals surface area contributed by atoms with E-state index in [1.807, 2.05) is 13.0 Å². The minimum absolute atomic E-state index is 0.109. The Morgan fingerprint density at radius 3 is 2.74 bits per heavy atom. The van der Waals surface area contributed by atoms with E-state index in [1.165, 1.54) is 24.1 Å². The zero-order chi connectivity index (χ0) is 13.7. The van der Waals surface area contributed by atoms with Crippen molar-refractivity contribution in [3.63, 3.8) is 0 Å². The molecule has 1 aliphatic carbocycles. The van der Waals surface area contributed by atoms with Gasteiger partial charge in [0.2, 0.25) is 0 Å². The molecule has 0 radical (unpaired) electrons. The molecule has 19 heavy (non-hydrogen) atoms. The van der Waals surface area contributed by atoms with Crippen LogP contribution in [0.25, 0.3) is 0 Å². The van der Waals surface area contributed by atoms with E-state index in [-0.39, 0.29) is 6.04 Å². The summed E-state index contributed by atoms with van der Waals surface area (Å²) in [7, 11) is 0. The van der Waals surface area contributed by atoms with Crippen LogP contribution in [0, 0.1) is 5.92 Å². The highest BCUT2D eigenvalue weighted by molar-refractivity contribution is 7.12. The summed E-state index contributed by atoms with van der Waals surface area (Å²) in [5.74, 6) is 1.16. The van der Waals surface area contributed by atoms with E-state index >= 15 is 0 Å². The monoisotopic (exact) mass is 277 g/mol. The number of nitrogens with zero attached hydrogens (tertiary/aromatic N) is 1. The standard InChI is InChI=1S/C16H23NOS/c1-3-13(16-6-5-11-19-16)17-14(15(18)4-2)10-9-12-7-8-12/h5-6,11-12,14H,3-4,7-10H2,1-2H3. The molecule has 0 aliphatic heterocycles. The molecular weight excluding hydrogens is 254 g/mol. The summed E-state index contributed by atoms with van der Waals surface area (Å²) in [6.45, 7) is 4.06. The molecule has 1 saturated carbocycles. The van der Waals surface area contributed by atoms with Crippen LogP contribution in [0.5, 0.6) is 0 Å². The van der Waals surface area contributed by atoms with Gasteiger partial charge in [0, 0.05) is 11.3 Å². The zero-order valence-electron chi connectivity index (χ0n) is 11.9. The molecule has 0 aromatic carbocycles. The minimum atomic E-state index is -0.109. The second kappa shape index (κ2) is 6.99. The molecule has 0 saturated heterocycles. The highest BCUT2D eigenvalue weighted by Gasteiger charge is 2.24. The fourth-order valence-electron chi connectivity index (χ4n) is 2.29. The van der Waals surface area contributed by atoms with Gasteiger partial charge in [0.1, 0.15) is 6.04 Å². The molecule has 0 spiro atoms. The zero-order valence-corrected chi connectivity index (χ0v) is 12.7. The van der Waals surface area contributed by atoms with E-state index < -0.39 is 0 Å². The predicted octanol–water partition coefficient (Wildman–Crippen LogP) is 4.49. The Labute approximate surface area is 120 Å². The third-order valence-electron chi connectivity index (χ3n) is 3.72. The number of aliphatic imine (C=N–C) groups is 1. The molecule has 1 atom stereocenters. The van der Waals surface area contributed by atoms with Crippen LogP contribution in [0.3, 0.4) is 0 Å². The molecule has 0 N–H and O–H groups in total. The number of hydrogen-bond acceptors (Lipinski definition) is 3. The van der Waals surface area contributed by atoms with Crippen LogP contribution in [-0.2, 0) is 4.79 Å². The molecule has 104 valence electrons. The van der Waals surface area contributed by atoms with E-state index in [0.717, 1.165) is 24.5 Å². The largest absolute Gasteiger partial charge is 0.297 e. The summed E-state index contributed by atoms with van der Waals surface area (Å²) < 4.78 is 0. The number of Topliss-reactive ketones (excluding diaryl/α,β-unsaturated/α-hetero) is 1. The molecule has 2 nitrogen and oxygen atoms in total. The van der Waals surface area contributed by atoms with Crippen molar-refractivity contribution in [3.05, 3.63) is 22.4 Å². The normalized spacial score (nSPS) is 17.5. The second-order valence-electron chi connectivity index (χ2n) is 5.26. The van der Waals surface area contributed by atoms with Crippen molar-refractivity contribution in [1.82, 2.24) is 0 Å². The van der Waals surface area contributed by atoms with Gasteiger partial charge in [-0.05, 0) is 36.6 Å². The van der Waals surface area contributed by atoms with Gasteiger partial charge in [-0.1, -0.05) is 32.8 Å². The smallest absolute Gasteiger partial charge is 0.157 e. The molecule has 1 aromatic rings. The van der Waals surface area contributed by atoms with E-state index in [1.54, 1.807) is 11.3 Å². The average Bonchev–Trinajstić information content (AvgIpc) is 3.11. The van der Waals surface area contributed by atoms with Crippen molar-refractivity contribution < 1.29 is 4.79 Å². The van der Waals surface area contributed by atoms with Gasteiger partial charge in [0.25, 0.3) is 0 Å². The lowest BCUT2D eigenvalue weighted by atomic mass is 10.0. The topological polar surface area (TPSA) is 29.4 Å². The molecule has 1 unspecified atom stereocenters. The average molecular weight is 277 g/mol. The maximum atomic E-state index is 12.1. The van der Waals surface area contributed by atoms with Crippen molar-refractivity contribution in [2.75, 3.05) is 0 Å². The van der Waals surface area contributed by atoms with Gasteiger partial charge in [-0.2, -0.15) is 0 Å². The number of ketones is 1. The second-order valence-corrected chi connectivity index (χ2v) is 6.21. The van der Waals surface area contributed by atoms with Crippen molar-refractivity contribution in [3.8, 4) is 0 Å². The van der Waals surface area contributed by atoms with E-state index in [2.05, 4.69) is 18.4 Å². The summed E-state index contributed by atoms with van der Waals surface area (Å²) in [6, 6.07) is 4.04. The fraction of sp³-hybridized carbons (Fsp3) is 0.625. The first-order valence-electron chi connectivity index (χ1n) is 7.37. The first-order valence-corrected chi connectivity index (χ1v) is 8.25. The number of carbonyl (C=O) groups is 1. The quantitative estimate of drug-likeness (QED) is 0.644. The lowest BCUT2D eigenvalue weighted by Gasteiger charge is -2.12. The van der Waals surface area contributed by atoms with Gasteiger partial charge in [-0.25, -0.2) is 0 Å². The summed E-state index contributed by atoms with van der Waals surface area (Å²) in [4.78, 5) is 18.1. The summed E-state index contributed by atoms with van der Waals surface area (Å²) in [5.41, 5.74) is 1.09. The molecule has 1 fully saturated rings. The van der Waals surface area contributed by atoms with Crippen LogP contribution in [-0.4, -0.2) is 17.5 Å². The molecule has 1 heterocycles. The number of hydrogen-bond donors (Lipinski definition) is 0. The maximum Gasteiger partial charge on any atom is 0.157 e. The van der Waals surface area contributed by atoms with E-state index in [4.69, 9.17) is 4.99 Å². The summed E-state index contributed by atoms with van der Waals surface area (Å²) in [5, 5.41) is 2.07. The van der Waals surface area contributed by atoms with Crippen LogP contribution in [0.2, 0.25) is 0 Å². The van der Waals surface area contributed by atoms with E-state index in [0.29, 0.717) is 12.2 Å². The first-order chi connectivity index (χ1) is 9.24. The van der Waals surface area contributed by atoms with Gasteiger partial charge in [0.15, 0.2) is 5.78 Å². The maximum absolute atomic E-state index is 12.1. The number of rotatable bonds is 8. The molecule has 0 amide bonds. The Hall–Kier alpha value is -0.960. The minimum Gasteiger partial charge on any atom is -0.297 e. The highest BCUT2D eigenvalue weighted by atomic mass is 32.1. The van der Waals surface area contributed by atoms with Gasteiger partial charge in [0.05, 0.1) is 5.71 Å². The van der Waals surface area contributed by atoms with Crippen molar-refractivity contribution in [2.24, 2.45) is 10.9 Å².